The Morgan fingerprint density at radius 3 is 2.58 bits per heavy atom. The molecule has 3 nitrogen and oxygen atoms in total. The third kappa shape index (κ3) is 2.76. The van der Waals surface area contributed by atoms with Crippen LogP contribution in [-0.2, 0) is 0 Å². The van der Waals surface area contributed by atoms with Crippen molar-refractivity contribution >= 4 is 27.4 Å². The molecular formula is C14H11BrFNO2. The van der Waals surface area contributed by atoms with Gasteiger partial charge < -0.3 is 10.5 Å². The number of anilines is 1. The highest BCUT2D eigenvalue weighted by Crippen LogP contribution is 2.27. The van der Waals surface area contributed by atoms with Gasteiger partial charge in [0.2, 0.25) is 0 Å². The number of ketones is 1. The average Bonchev–Trinajstić information content (AvgIpc) is 2.40. The first-order valence-corrected chi connectivity index (χ1v) is 6.25. The van der Waals surface area contributed by atoms with Crippen molar-refractivity contribution in [2.45, 2.75) is 0 Å². The molecule has 19 heavy (non-hydrogen) atoms. The molecule has 5 heteroatoms. The average molecular weight is 324 g/mol. The molecule has 0 heterocycles. The molecule has 0 amide bonds. The molecule has 0 radical (unpaired) electrons. The number of nitrogen functional groups attached to an aromatic ring is 1. The molecule has 2 aromatic carbocycles. The Labute approximate surface area is 118 Å². The van der Waals surface area contributed by atoms with Gasteiger partial charge in [-0.2, -0.15) is 0 Å². The zero-order valence-electron chi connectivity index (χ0n) is 10.1. The number of methoxy groups -OCH3 is 1. The second-order valence-electron chi connectivity index (χ2n) is 3.91. The van der Waals surface area contributed by atoms with Crippen molar-refractivity contribution in [1.29, 1.82) is 0 Å². The van der Waals surface area contributed by atoms with Crippen LogP contribution < -0.4 is 10.5 Å². The van der Waals surface area contributed by atoms with E-state index in [1.165, 1.54) is 19.2 Å². The number of benzene rings is 2. The maximum atomic E-state index is 13.2. The lowest BCUT2D eigenvalue weighted by molar-refractivity contribution is 0.103. The highest BCUT2D eigenvalue weighted by Gasteiger charge is 2.16. The molecule has 98 valence electrons. The van der Waals surface area contributed by atoms with Gasteiger partial charge in [0.25, 0.3) is 0 Å². The first kappa shape index (κ1) is 13.5. The number of hydrogen-bond acceptors (Lipinski definition) is 3. The van der Waals surface area contributed by atoms with Crippen LogP contribution in [0.5, 0.6) is 5.75 Å². The largest absolute Gasteiger partial charge is 0.497 e. The minimum absolute atomic E-state index is 0.144. The number of carbonyl (C=O) groups is 1. The van der Waals surface area contributed by atoms with Crippen LogP contribution in [-0.4, -0.2) is 12.9 Å². The fraction of sp³-hybridized carbons (Fsp3) is 0.0714. The highest BCUT2D eigenvalue weighted by atomic mass is 79.9. The second kappa shape index (κ2) is 5.40. The van der Waals surface area contributed by atoms with Crippen molar-refractivity contribution in [3.05, 3.63) is 57.8 Å². The van der Waals surface area contributed by atoms with Gasteiger partial charge >= 0.3 is 0 Å². The monoisotopic (exact) mass is 323 g/mol. The van der Waals surface area contributed by atoms with E-state index in [1.54, 1.807) is 18.2 Å². The van der Waals surface area contributed by atoms with Crippen molar-refractivity contribution in [3.63, 3.8) is 0 Å². The van der Waals surface area contributed by atoms with Crippen LogP contribution >= 0.6 is 15.9 Å². The number of ether oxygens (including phenoxy) is 1. The Kier molecular flexibility index (Phi) is 3.85. The molecule has 0 bridgehead atoms. The van der Waals surface area contributed by atoms with Crippen LogP contribution in [0, 0.1) is 5.82 Å². The summed E-state index contributed by atoms with van der Waals surface area (Å²) in [5.41, 5.74) is 6.50. The number of nitrogens with two attached hydrogens (primary N) is 1. The minimum atomic E-state index is -0.498. The standard InChI is InChI=1S/C14H11BrFNO2/c1-19-9-3-4-10(12(15)7-9)14(18)11-6-8(16)2-5-13(11)17/h2-7H,17H2,1H3. The van der Waals surface area contributed by atoms with Gasteiger partial charge in [-0.3, -0.25) is 4.79 Å². The molecule has 2 aromatic rings. The summed E-state index contributed by atoms with van der Waals surface area (Å²) in [6, 6.07) is 8.66. The summed E-state index contributed by atoms with van der Waals surface area (Å²) >= 11 is 3.29. The normalized spacial score (nSPS) is 10.3. The van der Waals surface area contributed by atoms with E-state index in [0.29, 0.717) is 15.8 Å². The van der Waals surface area contributed by atoms with Gasteiger partial charge in [-0.05, 0) is 52.3 Å². The van der Waals surface area contributed by atoms with E-state index < -0.39 is 5.82 Å². The van der Waals surface area contributed by atoms with E-state index in [0.717, 1.165) is 6.07 Å². The predicted octanol–water partition coefficient (Wildman–Crippen LogP) is 3.41. The van der Waals surface area contributed by atoms with E-state index in [-0.39, 0.29) is 17.0 Å². The number of carbonyl (C=O) groups excluding carboxylic acids is 1. The van der Waals surface area contributed by atoms with E-state index in [1.807, 2.05) is 0 Å². The van der Waals surface area contributed by atoms with Crippen molar-refractivity contribution in [3.8, 4) is 5.75 Å². The van der Waals surface area contributed by atoms with E-state index in [9.17, 15) is 9.18 Å². The third-order valence-electron chi connectivity index (χ3n) is 2.68. The van der Waals surface area contributed by atoms with Gasteiger partial charge in [0.1, 0.15) is 11.6 Å². The summed E-state index contributed by atoms with van der Waals surface area (Å²) in [6.45, 7) is 0. The SMILES string of the molecule is COc1ccc(C(=O)c2cc(F)ccc2N)c(Br)c1. The van der Waals surface area contributed by atoms with Crippen LogP contribution in [0.25, 0.3) is 0 Å². The van der Waals surface area contributed by atoms with E-state index in [2.05, 4.69) is 15.9 Å². The second-order valence-corrected chi connectivity index (χ2v) is 4.76. The molecule has 0 saturated carbocycles. The Morgan fingerprint density at radius 2 is 1.95 bits per heavy atom. The molecule has 0 saturated heterocycles. The van der Waals surface area contributed by atoms with Crippen LogP contribution in [0.3, 0.4) is 0 Å². The van der Waals surface area contributed by atoms with Crippen LogP contribution in [0.15, 0.2) is 40.9 Å². The molecule has 0 aliphatic heterocycles. The first-order chi connectivity index (χ1) is 9.02. The van der Waals surface area contributed by atoms with E-state index in [4.69, 9.17) is 10.5 Å². The lowest BCUT2D eigenvalue weighted by Crippen LogP contribution is -2.06. The van der Waals surface area contributed by atoms with Crippen molar-refractivity contribution in [2.75, 3.05) is 12.8 Å². The van der Waals surface area contributed by atoms with Gasteiger partial charge in [0.15, 0.2) is 5.78 Å². The predicted molar refractivity (Wildman–Crippen MR) is 74.9 cm³/mol. The van der Waals surface area contributed by atoms with Crippen LogP contribution in [0.2, 0.25) is 0 Å². The Hall–Kier alpha value is -1.88. The van der Waals surface area contributed by atoms with Gasteiger partial charge in [0, 0.05) is 21.3 Å². The molecule has 0 atom stereocenters. The fourth-order valence-electron chi connectivity index (χ4n) is 1.68. The first-order valence-electron chi connectivity index (χ1n) is 5.46. The summed E-state index contributed by atoms with van der Waals surface area (Å²) < 4.78 is 18.8. The van der Waals surface area contributed by atoms with Crippen LogP contribution in [0.1, 0.15) is 15.9 Å². The Bertz CT molecular complexity index is 643. The number of rotatable bonds is 3. The van der Waals surface area contributed by atoms with Gasteiger partial charge in [-0.25, -0.2) is 4.39 Å². The maximum Gasteiger partial charge on any atom is 0.196 e. The molecule has 0 aliphatic rings. The molecule has 0 aliphatic carbocycles. The topological polar surface area (TPSA) is 52.3 Å². The van der Waals surface area contributed by atoms with Crippen molar-refractivity contribution in [1.82, 2.24) is 0 Å². The summed E-state index contributed by atoms with van der Waals surface area (Å²) in [5.74, 6) is -0.218. The number of halogens is 2. The summed E-state index contributed by atoms with van der Waals surface area (Å²) in [5, 5.41) is 0. The maximum absolute atomic E-state index is 13.2. The van der Waals surface area contributed by atoms with Crippen LogP contribution in [0.4, 0.5) is 10.1 Å². The summed E-state index contributed by atoms with van der Waals surface area (Å²) in [6.07, 6.45) is 0. The zero-order valence-corrected chi connectivity index (χ0v) is 11.7. The van der Waals surface area contributed by atoms with Gasteiger partial charge in [-0.15, -0.1) is 0 Å². The molecule has 0 aromatic heterocycles. The fourth-order valence-corrected chi connectivity index (χ4v) is 2.22. The lowest BCUT2D eigenvalue weighted by Gasteiger charge is -2.08. The lowest BCUT2D eigenvalue weighted by atomic mass is 10.0. The summed E-state index contributed by atoms with van der Waals surface area (Å²) in [4.78, 5) is 12.3. The van der Waals surface area contributed by atoms with Crippen molar-refractivity contribution in [2.24, 2.45) is 0 Å². The van der Waals surface area contributed by atoms with Crippen molar-refractivity contribution < 1.29 is 13.9 Å². The molecule has 0 unspecified atom stereocenters. The van der Waals surface area contributed by atoms with E-state index >= 15 is 0 Å². The molecule has 2 rings (SSSR count). The number of hydrogen-bond donors (Lipinski definition) is 1. The molecular weight excluding hydrogens is 313 g/mol. The Balaban J connectivity index is 2.47. The Morgan fingerprint density at radius 1 is 1.21 bits per heavy atom. The van der Waals surface area contributed by atoms with Gasteiger partial charge in [-0.1, -0.05) is 0 Å². The molecule has 2 N–H and O–H groups in total. The summed E-state index contributed by atoms with van der Waals surface area (Å²) in [7, 11) is 1.54. The van der Waals surface area contributed by atoms with Gasteiger partial charge in [0.05, 0.1) is 7.11 Å². The molecule has 0 spiro atoms. The zero-order chi connectivity index (χ0) is 14.0. The molecule has 0 fully saturated rings. The third-order valence-corrected chi connectivity index (χ3v) is 3.34. The quantitative estimate of drug-likeness (QED) is 0.695. The highest BCUT2D eigenvalue weighted by molar-refractivity contribution is 9.10. The smallest absolute Gasteiger partial charge is 0.196 e. The minimum Gasteiger partial charge on any atom is -0.497 e.